The Morgan fingerprint density at radius 1 is 1.63 bits per heavy atom. The second kappa shape index (κ2) is 6.19. The van der Waals surface area contributed by atoms with Crippen molar-refractivity contribution in [2.24, 2.45) is 5.92 Å². The van der Waals surface area contributed by atoms with Crippen molar-refractivity contribution < 1.29 is 9.90 Å². The van der Waals surface area contributed by atoms with E-state index in [9.17, 15) is 9.90 Å². The number of rotatable bonds is 4. The summed E-state index contributed by atoms with van der Waals surface area (Å²) in [5.41, 5.74) is 1.47. The quantitative estimate of drug-likeness (QED) is 0.868. The van der Waals surface area contributed by atoms with Crippen LogP contribution in [0.2, 0.25) is 0 Å². The number of carbonyl (C=O) groups is 1. The van der Waals surface area contributed by atoms with E-state index in [0.717, 1.165) is 31.4 Å². The van der Waals surface area contributed by atoms with Gasteiger partial charge >= 0.3 is 0 Å². The van der Waals surface area contributed by atoms with Crippen LogP contribution in [0, 0.1) is 5.92 Å². The van der Waals surface area contributed by atoms with Crippen molar-refractivity contribution in [3.05, 3.63) is 17.5 Å². The molecule has 106 valence electrons. The van der Waals surface area contributed by atoms with Crippen LogP contribution in [0.5, 0.6) is 0 Å². The molecule has 1 aliphatic rings. The number of aliphatic hydroxyl groups is 1. The van der Waals surface area contributed by atoms with Gasteiger partial charge in [0.15, 0.2) is 0 Å². The number of hydrogen-bond acceptors (Lipinski definition) is 3. The summed E-state index contributed by atoms with van der Waals surface area (Å²) in [4.78, 5) is 14.2. The Bertz CT molecular complexity index is 430. The fourth-order valence-corrected chi connectivity index (χ4v) is 2.80. The summed E-state index contributed by atoms with van der Waals surface area (Å²) in [5.74, 6) is 0.279. The summed E-state index contributed by atoms with van der Waals surface area (Å²) >= 11 is 0. The standard InChI is InChI=1S/C14H23N3O2/c1-3-5-11-8-12(16-15-11)14(19)17-7-4-6-10(2)13(17)9-18/h8,10,13,18H,3-7,9H2,1-2H3,(H,15,16). The monoisotopic (exact) mass is 265 g/mol. The number of H-pyrrole nitrogens is 1. The van der Waals surface area contributed by atoms with Crippen LogP contribution < -0.4 is 0 Å². The smallest absolute Gasteiger partial charge is 0.274 e. The molecule has 0 saturated carbocycles. The minimum atomic E-state index is -0.0763. The molecule has 1 aromatic rings. The molecule has 2 rings (SSSR count). The third-order valence-electron chi connectivity index (χ3n) is 3.93. The number of aromatic amines is 1. The zero-order valence-electron chi connectivity index (χ0n) is 11.7. The molecule has 2 atom stereocenters. The minimum absolute atomic E-state index is 0.0269. The fourth-order valence-electron chi connectivity index (χ4n) is 2.80. The molecule has 19 heavy (non-hydrogen) atoms. The van der Waals surface area contributed by atoms with Crippen LogP contribution in [0.25, 0.3) is 0 Å². The van der Waals surface area contributed by atoms with Gasteiger partial charge in [-0.05, 0) is 31.2 Å². The number of aromatic nitrogens is 2. The van der Waals surface area contributed by atoms with E-state index < -0.39 is 0 Å². The molecule has 1 fully saturated rings. The Labute approximate surface area is 114 Å². The maximum atomic E-state index is 12.5. The lowest BCUT2D eigenvalue weighted by atomic mass is 9.91. The Kier molecular flexibility index (Phi) is 4.58. The maximum Gasteiger partial charge on any atom is 0.274 e. The lowest BCUT2D eigenvalue weighted by molar-refractivity contribution is 0.0353. The average Bonchev–Trinajstić information content (AvgIpc) is 2.86. The number of hydrogen-bond donors (Lipinski definition) is 2. The van der Waals surface area contributed by atoms with Crippen molar-refractivity contribution >= 4 is 5.91 Å². The van der Waals surface area contributed by atoms with E-state index in [-0.39, 0.29) is 18.6 Å². The van der Waals surface area contributed by atoms with Crippen molar-refractivity contribution in [3.63, 3.8) is 0 Å². The first kappa shape index (κ1) is 14.1. The van der Waals surface area contributed by atoms with E-state index >= 15 is 0 Å². The van der Waals surface area contributed by atoms with Crippen molar-refractivity contribution in [3.8, 4) is 0 Å². The number of likely N-dealkylation sites (tertiary alicyclic amines) is 1. The van der Waals surface area contributed by atoms with E-state index in [0.29, 0.717) is 18.2 Å². The van der Waals surface area contributed by atoms with Crippen LogP contribution in [0.3, 0.4) is 0 Å². The zero-order chi connectivity index (χ0) is 13.8. The molecule has 1 aliphatic heterocycles. The van der Waals surface area contributed by atoms with Crippen LogP contribution in [0.1, 0.15) is 49.3 Å². The van der Waals surface area contributed by atoms with E-state index in [1.54, 1.807) is 4.90 Å². The molecule has 2 N–H and O–H groups in total. The Morgan fingerprint density at radius 3 is 3.11 bits per heavy atom. The van der Waals surface area contributed by atoms with Gasteiger partial charge in [0.2, 0.25) is 0 Å². The third-order valence-corrected chi connectivity index (χ3v) is 3.93. The van der Waals surface area contributed by atoms with Crippen LogP contribution in [-0.2, 0) is 6.42 Å². The molecule has 1 amide bonds. The second-order valence-corrected chi connectivity index (χ2v) is 5.40. The molecule has 2 unspecified atom stereocenters. The van der Waals surface area contributed by atoms with Crippen molar-refractivity contribution in [2.75, 3.05) is 13.2 Å². The Morgan fingerprint density at radius 2 is 2.42 bits per heavy atom. The molecule has 5 nitrogen and oxygen atoms in total. The number of nitrogens with one attached hydrogen (secondary N) is 1. The molecule has 5 heteroatoms. The number of amides is 1. The Hall–Kier alpha value is -1.36. The molecule has 0 aliphatic carbocycles. The molecule has 0 bridgehead atoms. The maximum absolute atomic E-state index is 12.5. The third kappa shape index (κ3) is 2.97. The topological polar surface area (TPSA) is 69.2 Å². The fraction of sp³-hybridized carbons (Fsp3) is 0.714. The molecule has 2 heterocycles. The van der Waals surface area contributed by atoms with Gasteiger partial charge in [-0.3, -0.25) is 9.89 Å². The van der Waals surface area contributed by atoms with Crippen LogP contribution >= 0.6 is 0 Å². The van der Waals surface area contributed by atoms with Gasteiger partial charge in [-0.1, -0.05) is 20.3 Å². The molecular formula is C14H23N3O2. The SMILES string of the molecule is CCCc1cc(C(=O)N2CCCC(C)C2CO)n[nH]1. The summed E-state index contributed by atoms with van der Waals surface area (Å²) in [6, 6.07) is 1.76. The molecular weight excluding hydrogens is 242 g/mol. The highest BCUT2D eigenvalue weighted by atomic mass is 16.3. The zero-order valence-corrected chi connectivity index (χ0v) is 11.7. The minimum Gasteiger partial charge on any atom is -0.394 e. The predicted octanol–water partition coefficient (Wildman–Crippen LogP) is 1.60. The molecule has 1 aromatic heterocycles. The summed E-state index contributed by atoms with van der Waals surface area (Å²) in [5, 5.41) is 16.5. The van der Waals surface area contributed by atoms with Gasteiger partial charge in [-0.2, -0.15) is 5.10 Å². The number of aliphatic hydroxyl groups excluding tert-OH is 1. The van der Waals surface area contributed by atoms with Gasteiger partial charge in [-0.25, -0.2) is 0 Å². The van der Waals surface area contributed by atoms with Gasteiger partial charge in [-0.15, -0.1) is 0 Å². The number of carbonyl (C=O) groups excluding carboxylic acids is 1. The first-order valence-corrected chi connectivity index (χ1v) is 7.13. The molecule has 0 radical (unpaired) electrons. The summed E-state index contributed by atoms with van der Waals surface area (Å²) in [6.45, 7) is 4.92. The van der Waals surface area contributed by atoms with Gasteiger partial charge in [0.1, 0.15) is 5.69 Å². The van der Waals surface area contributed by atoms with Crippen molar-refractivity contribution in [2.45, 2.75) is 45.6 Å². The van der Waals surface area contributed by atoms with Crippen LogP contribution in [0.4, 0.5) is 0 Å². The lowest BCUT2D eigenvalue weighted by Crippen LogP contribution is -2.49. The first-order chi connectivity index (χ1) is 9.17. The summed E-state index contributed by atoms with van der Waals surface area (Å²) in [6.07, 6.45) is 3.99. The van der Waals surface area contributed by atoms with Crippen LogP contribution in [-0.4, -0.2) is 45.3 Å². The van der Waals surface area contributed by atoms with E-state index in [1.807, 2.05) is 6.07 Å². The number of nitrogens with zero attached hydrogens (tertiary/aromatic N) is 2. The average molecular weight is 265 g/mol. The lowest BCUT2D eigenvalue weighted by Gasteiger charge is -2.38. The van der Waals surface area contributed by atoms with Gasteiger partial charge in [0.25, 0.3) is 5.91 Å². The predicted molar refractivity (Wildman–Crippen MR) is 72.9 cm³/mol. The highest BCUT2D eigenvalue weighted by Crippen LogP contribution is 2.24. The van der Waals surface area contributed by atoms with E-state index in [4.69, 9.17) is 0 Å². The highest BCUT2D eigenvalue weighted by molar-refractivity contribution is 5.92. The second-order valence-electron chi connectivity index (χ2n) is 5.40. The van der Waals surface area contributed by atoms with Crippen molar-refractivity contribution in [1.29, 1.82) is 0 Å². The van der Waals surface area contributed by atoms with Crippen LogP contribution in [0.15, 0.2) is 6.07 Å². The van der Waals surface area contributed by atoms with Gasteiger partial charge in [0, 0.05) is 12.2 Å². The van der Waals surface area contributed by atoms with Gasteiger partial charge < -0.3 is 10.0 Å². The van der Waals surface area contributed by atoms with E-state index in [1.165, 1.54) is 0 Å². The number of piperidine rings is 1. The normalized spacial score (nSPS) is 23.6. The molecule has 1 saturated heterocycles. The summed E-state index contributed by atoms with van der Waals surface area (Å²) < 4.78 is 0. The molecule has 0 aromatic carbocycles. The molecule has 0 spiro atoms. The highest BCUT2D eigenvalue weighted by Gasteiger charge is 2.32. The largest absolute Gasteiger partial charge is 0.394 e. The van der Waals surface area contributed by atoms with Gasteiger partial charge in [0.05, 0.1) is 12.6 Å². The first-order valence-electron chi connectivity index (χ1n) is 7.13. The Balaban J connectivity index is 2.12. The summed E-state index contributed by atoms with van der Waals surface area (Å²) in [7, 11) is 0. The number of aryl methyl sites for hydroxylation is 1. The van der Waals surface area contributed by atoms with Crippen molar-refractivity contribution in [1.82, 2.24) is 15.1 Å². The van der Waals surface area contributed by atoms with E-state index in [2.05, 4.69) is 24.0 Å².